The lowest BCUT2D eigenvalue weighted by Gasteiger charge is -2.37. The largest absolute Gasteiger partial charge is 0.497 e. The maximum Gasteiger partial charge on any atom is 0.387 e. The van der Waals surface area contributed by atoms with Crippen LogP contribution < -0.4 is 32.0 Å². The molecule has 2 fully saturated rings. The van der Waals surface area contributed by atoms with E-state index in [-0.39, 0.29) is 41.9 Å². The maximum absolute atomic E-state index is 14.3. The molecule has 4 aromatic carbocycles. The monoisotopic (exact) mass is 968 g/mol. The van der Waals surface area contributed by atoms with Crippen LogP contribution in [0, 0.1) is 13.8 Å². The van der Waals surface area contributed by atoms with Crippen molar-refractivity contribution >= 4 is 24.1 Å². The van der Waals surface area contributed by atoms with E-state index in [1.807, 2.05) is 78.9 Å². The molecule has 8 rings (SSSR count). The van der Waals surface area contributed by atoms with Gasteiger partial charge in [-0.3, -0.25) is 33.2 Å². The number of nitrogens with zero attached hydrogens (tertiary/aromatic N) is 2. The number of nitrogens with one attached hydrogen (secondary N) is 2. The zero-order chi connectivity index (χ0) is 48.2. The number of rotatable bonds is 17. The third kappa shape index (κ3) is 10.4. The molecule has 0 saturated carbocycles. The maximum atomic E-state index is 14.3. The van der Waals surface area contributed by atoms with Crippen LogP contribution >= 0.6 is 18.2 Å². The predicted molar refractivity (Wildman–Crippen MR) is 250 cm³/mol. The van der Waals surface area contributed by atoms with Gasteiger partial charge in [0.15, 0.2) is 0 Å². The summed E-state index contributed by atoms with van der Waals surface area (Å²) in [7, 11) is 3.13. The molecule has 356 valence electrons. The third-order valence-corrected chi connectivity index (χ3v) is 14.9. The van der Waals surface area contributed by atoms with Crippen molar-refractivity contribution in [2.75, 3.05) is 26.6 Å². The summed E-state index contributed by atoms with van der Waals surface area (Å²) in [6.45, 7) is -1.90. The van der Waals surface area contributed by atoms with E-state index < -0.39 is 77.7 Å². The molecule has 0 radical (unpaired) electrons. The Morgan fingerprint density at radius 3 is 1.69 bits per heavy atom. The van der Waals surface area contributed by atoms with E-state index in [1.54, 1.807) is 44.6 Å². The summed E-state index contributed by atoms with van der Waals surface area (Å²) in [5.74, 6) is 0.289. The normalized spacial score (nSPS) is 21.2. The fraction of sp³-hybridized carbons (Fsp3) is 0.312. The van der Waals surface area contributed by atoms with Crippen molar-refractivity contribution in [3.8, 4) is 11.5 Å². The first-order valence-electron chi connectivity index (χ1n) is 21.5. The van der Waals surface area contributed by atoms with E-state index in [2.05, 4.69) is 9.97 Å². The van der Waals surface area contributed by atoms with Crippen molar-refractivity contribution in [1.82, 2.24) is 19.1 Å². The number of hydrogen-bond acceptors (Lipinski definition) is 14. The number of H-pyrrole nitrogens is 2. The van der Waals surface area contributed by atoms with Gasteiger partial charge >= 0.3 is 24.1 Å². The first-order valence-corrected chi connectivity index (χ1v) is 24.7. The van der Waals surface area contributed by atoms with E-state index in [0.29, 0.717) is 34.0 Å². The number of aryl methyl sites for hydroxylation is 2. The second-order valence-corrected chi connectivity index (χ2v) is 20.1. The van der Waals surface area contributed by atoms with Gasteiger partial charge in [0.05, 0.1) is 26.4 Å². The van der Waals surface area contributed by atoms with E-state index in [1.165, 1.54) is 35.4 Å². The van der Waals surface area contributed by atoms with Crippen LogP contribution in [-0.4, -0.2) is 81.0 Å². The van der Waals surface area contributed by atoms with Crippen LogP contribution in [0.1, 0.15) is 63.5 Å². The number of carbonyl (C=O) groups excluding carboxylic acids is 1. The van der Waals surface area contributed by atoms with E-state index in [0.717, 1.165) is 5.56 Å². The second kappa shape index (κ2) is 20.5. The first kappa shape index (κ1) is 48.2. The van der Waals surface area contributed by atoms with Crippen LogP contribution in [-0.2, 0) is 33.6 Å². The van der Waals surface area contributed by atoms with Crippen LogP contribution in [0.15, 0.2) is 141 Å². The topological polar surface area (TPSA) is 229 Å². The van der Waals surface area contributed by atoms with Crippen molar-refractivity contribution in [2.45, 2.75) is 69.2 Å². The highest BCUT2D eigenvalue weighted by Crippen LogP contribution is 2.59. The van der Waals surface area contributed by atoms with Crippen molar-refractivity contribution in [2.24, 2.45) is 0 Å². The Labute approximate surface area is 393 Å². The number of aromatic nitrogens is 4. The zero-order valence-electron chi connectivity index (χ0n) is 37.3. The molecule has 6 aromatic rings. The Kier molecular flexibility index (Phi) is 14.5. The summed E-state index contributed by atoms with van der Waals surface area (Å²) in [6, 6.07) is 32.4. The number of benzene rings is 4. The summed E-state index contributed by atoms with van der Waals surface area (Å²) in [6.07, 6.45) is -3.87. The summed E-state index contributed by atoms with van der Waals surface area (Å²) in [4.78, 5) is 80.2. The molecule has 0 spiro atoms. The minimum absolute atomic E-state index is 0.0256. The van der Waals surface area contributed by atoms with Gasteiger partial charge in [0.1, 0.15) is 54.0 Å². The number of carbonyl (C=O) groups is 1. The average Bonchev–Trinajstić information content (AvgIpc) is 3.94. The molecule has 2 aliphatic heterocycles. The minimum atomic E-state index is -4.70. The molecular formula is C48H49N4O14PS. The number of hydrogen-bond donors (Lipinski definition) is 3. The van der Waals surface area contributed by atoms with Gasteiger partial charge < -0.3 is 33.3 Å². The molecule has 0 bridgehead atoms. The van der Waals surface area contributed by atoms with Crippen LogP contribution in [0.5, 0.6) is 11.5 Å². The lowest BCUT2D eigenvalue weighted by molar-refractivity contribution is -0.0919. The van der Waals surface area contributed by atoms with Crippen LogP contribution in [0.2, 0.25) is 0 Å². The molecular weight excluding hydrogens is 920 g/mol. The molecule has 20 heteroatoms. The van der Waals surface area contributed by atoms with Gasteiger partial charge in [-0.2, -0.15) is 0 Å². The summed E-state index contributed by atoms with van der Waals surface area (Å²) in [5, 5.41) is 0. The molecule has 4 heterocycles. The second-order valence-electron chi connectivity index (χ2n) is 16.2. The minimum Gasteiger partial charge on any atom is -0.497 e. The molecule has 3 N–H and O–H groups in total. The fourth-order valence-electron chi connectivity index (χ4n) is 8.31. The predicted octanol–water partition coefficient (Wildman–Crippen LogP) is 5.75. The molecule has 0 aliphatic carbocycles. The van der Waals surface area contributed by atoms with E-state index >= 15 is 0 Å². The standard InChI is InChI=1S/C48H49N4O14PS/c1-29-25-51(46(56)49-43(29)53)41-23-37(65-45(55)31-11-7-5-8-12-31)40(64-41)28-68-67(58,59)66-38-24-42(52-26-30(2)44(54)50-47(52)57)63-39(38)27-62-48(32-13-9-6-10-14-32,33-15-19-35(60-3)20-16-33)34-17-21-36(61-4)22-18-34/h5-22,25-26,37-42H,23-24,27-28H2,1-4H3,(H,58,59)(H,49,53,56)(H,50,54,57)/t37-,38-,39+,40+,41+,42+/m0/s1. The fourth-order valence-corrected chi connectivity index (χ4v) is 11.1. The highest BCUT2D eigenvalue weighted by Gasteiger charge is 2.47. The van der Waals surface area contributed by atoms with Crippen molar-refractivity contribution < 1.29 is 47.2 Å². The summed E-state index contributed by atoms with van der Waals surface area (Å²) < 4.78 is 59.4. The van der Waals surface area contributed by atoms with Crippen LogP contribution in [0.3, 0.4) is 0 Å². The molecule has 2 aliphatic rings. The Hall–Kier alpha value is -6.31. The van der Waals surface area contributed by atoms with Gasteiger partial charge in [-0.05, 0) is 78.3 Å². The molecule has 2 aromatic heterocycles. The Balaban J connectivity index is 1.10. The average molecular weight is 969 g/mol. The van der Waals surface area contributed by atoms with Gasteiger partial charge in [-0.1, -0.05) is 72.8 Å². The Morgan fingerprint density at radius 2 is 1.18 bits per heavy atom. The summed E-state index contributed by atoms with van der Waals surface area (Å²) in [5.41, 5.74) is -1.13. The third-order valence-electron chi connectivity index (χ3n) is 11.8. The van der Waals surface area contributed by atoms with Crippen molar-refractivity contribution in [3.05, 3.63) is 197 Å². The number of ether oxygens (including phenoxy) is 6. The van der Waals surface area contributed by atoms with E-state index in [9.17, 15) is 33.4 Å². The zero-order valence-corrected chi connectivity index (χ0v) is 39.1. The van der Waals surface area contributed by atoms with Gasteiger partial charge in [0.2, 0.25) is 0 Å². The van der Waals surface area contributed by atoms with Crippen molar-refractivity contribution in [3.63, 3.8) is 0 Å². The number of methoxy groups -OCH3 is 2. The molecule has 68 heavy (non-hydrogen) atoms. The molecule has 7 atom stereocenters. The van der Waals surface area contributed by atoms with Gasteiger partial charge in [0.25, 0.3) is 11.1 Å². The van der Waals surface area contributed by atoms with Gasteiger partial charge in [-0.25, -0.2) is 18.9 Å². The SMILES string of the molecule is COc1ccc(C(OC[C@H]2O[C@@H](n3cc(C)c(=O)[nH]c3=O)C[C@@H]2OP(=O)(O)SC[C@H]2O[C@@H](n3cc(C)c(=O)[nH]c3=O)C[C@@H]2OC(=O)c2ccccc2)(c2ccccc2)c2ccc(OC)cc2)cc1. The smallest absolute Gasteiger partial charge is 0.387 e. The lowest BCUT2D eigenvalue weighted by atomic mass is 9.80. The molecule has 1 unspecified atom stereocenters. The quantitative estimate of drug-likeness (QED) is 0.0562. The van der Waals surface area contributed by atoms with Gasteiger partial charge in [0, 0.05) is 42.1 Å². The lowest BCUT2D eigenvalue weighted by Crippen LogP contribution is -2.38. The highest BCUT2D eigenvalue weighted by atomic mass is 32.7. The van der Waals surface area contributed by atoms with E-state index in [4.69, 9.17) is 32.9 Å². The Bertz CT molecular complexity index is 2970. The number of aromatic amines is 2. The molecule has 18 nitrogen and oxygen atoms in total. The molecule has 2 saturated heterocycles. The van der Waals surface area contributed by atoms with Gasteiger partial charge in [-0.15, -0.1) is 0 Å². The van der Waals surface area contributed by atoms with Crippen molar-refractivity contribution in [1.29, 1.82) is 0 Å². The Morgan fingerprint density at radius 1 is 0.706 bits per heavy atom. The number of esters is 1. The molecule has 0 amide bonds. The summed E-state index contributed by atoms with van der Waals surface area (Å²) >= 11 is 0.516. The van der Waals surface area contributed by atoms with Crippen LogP contribution in [0.4, 0.5) is 0 Å². The highest BCUT2D eigenvalue weighted by molar-refractivity contribution is 8.54. The van der Waals surface area contributed by atoms with Crippen LogP contribution in [0.25, 0.3) is 0 Å². The first-order chi connectivity index (χ1) is 32.7.